The molecule has 2 atom stereocenters. The van der Waals surface area contributed by atoms with Crippen LogP contribution in [0.2, 0.25) is 0 Å². The maximum atomic E-state index is 12.4. The Morgan fingerprint density at radius 1 is 0.958 bits per heavy atom. The number of allylic oxidation sites excluding steroid dienone is 2. The van der Waals surface area contributed by atoms with Crippen molar-refractivity contribution >= 4 is 8.25 Å². The molecule has 4 heteroatoms. The first-order valence-electron chi connectivity index (χ1n) is 8.12. The molecule has 0 N–H and O–H groups in total. The molecule has 0 aromatic heterocycles. The Morgan fingerprint density at radius 2 is 1.29 bits per heavy atom. The largest absolute Gasteiger partial charge is 0.698 e. The van der Waals surface area contributed by atoms with Gasteiger partial charge in [0.15, 0.2) is 0 Å². The second-order valence-corrected chi connectivity index (χ2v) is 7.74. The van der Waals surface area contributed by atoms with Gasteiger partial charge in [0.2, 0.25) is 0 Å². The molecular weight excluding hydrogens is 319 g/mol. The summed E-state index contributed by atoms with van der Waals surface area (Å²) in [4.78, 5) is 0. The third-order valence-corrected chi connectivity index (χ3v) is 4.90. The highest BCUT2D eigenvalue weighted by Crippen LogP contribution is 2.40. The summed E-state index contributed by atoms with van der Waals surface area (Å²) in [5, 5.41) is 0. The lowest BCUT2D eigenvalue weighted by Crippen LogP contribution is -2.31. The average Bonchev–Trinajstić information content (AvgIpc) is 2.54. The van der Waals surface area contributed by atoms with Gasteiger partial charge in [-0.25, -0.2) is 0 Å². The van der Waals surface area contributed by atoms with Gasteiger partial charge >= 0.3 is 8.25 Å². The fourth-order valence-electron chi connectivity index (χ4n) is 2.05. The number of hydrogen-bond donors (Lipinski definition) is 0. The molecule has 24 heavy (non-hydrogen) atoms. The molecule has 0 aliphatic heterocycles. The van der Waals surface area contributed by atoms with Crippen molar-refractivity contribution in [2.75, 3.05) is 0 Å². The van der Waals surface area contributed by atoms with Crippen molar-refractivity contribution in [2.24, 2.45) is 10.8 Å². The maximum absolute atomic E-state index is 12.4. The van der Waals surface area contributed by atoms with Crippen LogP contribution in [0.3, 0.4) is 0 Å². The lowest BCUT2D eigenvalue weighted by Gasteiger charge is -2.26. The van der Waals surface area contributed by atoms with Crippen LogP contribution < -0.4 is 0 Å². The fourth-order valence-corrected chi connectivity index (χ4v) is 3.25. The molecule has 0 heterocycles. The zero-order valence-corrected chi connectivity index (χ0v) is 16.3. The van der Waals surface area contributed by atoms with Crippen LogP contribution in [0.15, 0.2) is 25.3 Å². The zero-order chi connectivity index (χ0) is 18.8. The van der Waals surface area contributed by atoms with Gasteiger partial charge in [0.25, 0.3) is 0 Å². The van der Waals surface area contributed by atoms with Crippen LogP contribution in [-0.2, 0) is 13.6 Å². The Kier molecular flexibility index (Phi) is 9.88. The minimum absolute atomic E-state index is 0.391. The van der Waals surface area contributed by atoms with E-state index in [1.807, 2.05) is 27.7 Å². The van der Waals surface area contributed by atoms with Crippen molar-refractivity contribution in [1.82, 2.24) is 0 Å². The first kappa shape index (κ1) is 22.6. The minimum atomic E-state index is -2.34. The van der Waals surface area contributed by atoms with Gasteiger partial charge < -0.3 is 0 Å². The normalized spacial score (nSPS) is 14.8. The van der Waals surface area contributed by atoms with Crippen molar-refractivity contribution in [1.29, 1.82) is 0 Å². The van der Waals surface area contributed by atoms with E-state index in [9.17, 15) is 4.57 Å². The van der Waals surface area contributed by atoms with Crippen LogP contribution in [0.25, 0.3) is 0 Å². The summed E-state index contributed by atoms with van der Waals surface area (Å²) in [6.45, 7) is 14.9. The van der Waals surface area contributed by atoms with Gasteiger partial charge in [-0.1, -0.05) is 24.0 Å². The minimum Gasteiger partial charge on any atom is -0.119 e. The van der Waals surface area contributed by atoms with E-state index in [0.717, 1.165) is 0 Å². The molecule has 0 spiro atoms. The molecule has 0 amide bonds. The molecule has 0 aromatic rings. The van der Waals surface area contributed by atoms with Crippen molar-refractivity contribution in [3.8, 4) is 24.7 Å². The Balaban J connectivity index is 5.08. The molecule has 2 unspecified atom stereocenters. The molecule has 132 valence electrons. The van der Waals surface area contributed by atoms with Crippen LogP contribution in [0.1, 0.15) is 53.4 Å². The number of terminal acetylenes is 2. The van der Waals surface area contributed by atoms with Crippen LogP contribution in [0, 0.1) is 35.5 Å². The van der Waals surface area contributed by atoms with Crippen molar-refractivity contribution in [2.45, 2.75) is 65.6 Å². The van der Waals surface area contributed by atoms with E-state index in [1.165, 1.54) is 0 Å². The highest BCUT2D eigenvalue weighted by Gasteiger charge is 2.42. The van der Waals surface area contributed by atoms with Crippen LogP contribution >= 0.6 is 8.25 Å². The second kappa shape index (κ2) is 10.5. The van der Waals surface area contributed by atoms with E-state index in [1.54, 1.807) is 12.2 Å². The molecule has 0 rings (SSSR count). The van der Waals surface area contributed by atoms with E-state index >= 15 is 0 Å². The van der Waals surface area contributed by atoms with Gasteiger partial charge in [-0.05, 0) is 53.4 Å². The Morgan fingerprint density at radius 3 is 1.54 bits per heavy atom. The third-order valence-electron chi connectivity index (χ3n) is 4.05. The van der Waals surface area contributed by atoms with Gasteiger partial charge in [0.1, 0.15) is 12.2 Å². The van der Waals surface area contributed by atoms with Crippen molar-refractivity contribution in [3.05, 3.63) is 25.3 Å². The maximum Gasteiger partial charge on any atom is 0.698 e. The van der Waals surface area contributed by atoms with Crippen LogP contribution in [-0.4, -0.2) is 12.2 Å². The summed E-state index contributed by atoms with van der Waals surface area (Å²) in [7, 11) is -2.34. The van der Waals surface area contributed by atoms with Gasteiger partial charge in [0, 0.05) is 4.57 Å². The Labute approximate surface area is 148 Å². The second-order valence-electron chi connectivity index (χ2n) is 6.88. The Bertz CT molecular complexity index is 474. The molecule has 3 nitrogen and oxygen atoms in total. The highest BCUT2D eigenvalue weighted by atomic mass is 31.1. The number of hydrogen-bond acceptors (Lipinski definition) is 3. The molecule has 0 aromatic carbocycles. The van der Waals surface area contributed by atoms with Crippen molar-refractivity contribution < 1.29 is 13.6 Å². The molecule has 0 radical (unpaired) electrons. The predicted molar refractivity (Wildman–Crippen MR) is 101 cm³/mol. The van der Waals surface area contributed by atoms with E-state index in [-0.39, 0.29) is 0 Å². The average molecular weight is 349 g/mol. The van der Waals surface area contributed by atoms with E-state index in [4.69, 9.17) is 21.9 Å². The predicted octanol–water partition coefficient (Wildman–Crippen LogP) is 5.67. The van der Waals surface area contributed by atoms with Gasteiger partial charge in [-0.3, -0.25) is 0 Å². The summed E-state index contributed by atoms with van der Waals surface area (Å²) in [5.41, 5.74) is -1.12. The van der Waals surface area contributed by atoms with E-state index in [0.29, 0.717) is 25.7 Å². The zero-order valence-electron chi connectivity index (χ0n) is 15.4. The standard InChI is InChI=1S/C20H30O3P/c1-9-13-15-17(19(5,6)11-3)22-24(21)23-18(16-14-10-2)20(7,8)12-4/h3-4,9-10,17-18H,1-2,13-16H2,5-8H3/q+1. The lowest BCUT2D eigenvalue weighted by molar-refractivity contribution is 0.0497. The van der Waals surface area contributed by atoms with Crippen LogP contribution in [0.4, 0.5) is 0 Å². The van der Waals surface area contributed by atoms with Crippen molar-refractivity contribution in [3.63, 3.8) is 0 Å². The molecule has 0 bridgehead atoms. The molecular formula is C20H30O3P+. The third kappa shape index (κ3) is 7.46. The molecule has 0 aliphatic rings. The summed E-state index contributed by atoms with van der Waals surface area (Å²) >= 11 is 0. The molecule has 0 saturated carbocycles. The summed E-state index contributed by atoms with van der Waals surface area (Å²) in [6.07, 6.45) is 16.6. The molecule has 0 aliphatic carbocycles. The van der Waals surface area contributed by atoms with E-state index < -0.39 is 31.3 Å². The SMILES string of the molecule is C#CC(C)(C)C(CCC=C)O[P+](=O)OC(CCC=C)C(C)(C)C#C. The fraction of sp³-hybridized carbons (Fsp3) is 0.600. The number of rotatable bonds is 12. The summed E-state index contributed by atoms with van der Waals surface area (Å²) in [5.74, 6) is 5.39. The van der Waals surface area contributed by atoms with E-state index in [2.05, 4.69) is 25.0 Å². The monoisotopic (exact) mass is 349 g/mol. The molecule has 0 fully saturated rings. The topological polar surface area (TPSA) is 35.5 Å². The first-order chi connectivity index (χ1) is 11.1. The highest BCUT2D eigenvalue weighted by molar-refractivity contribution is 7.33. The van der Waals surface area contributed by atoms with Gasteiger partial charge in [-0.15, -0.1) is 35.1 Å². The lowest BCUT2D eigenvalue weighted by atomic mass is 9.85. The molecule has 0 saturated heterocycles. The quantitative estimate of drug-likeness (QED) is 0.259. The van der Waals surface area contributed by atoms with Gasteiger partial charge in [0.05, 0.1) is 10.8 Å². The first-order valence-corrected chi connectivity index (χ1v) is 9.22. The smallest absolute Gasteiger partial charge is 0.119 e. The Hall–Kier alpha value is -1.38. The summed E-state index contributed by atoms with van der Waals surface area (Å²) < 4.78 is 23.8. The van der Waals surface area contributed by atoms with Crippen LogP contribution in [0.5, 0.6) is 0 Å². The summed E-state index contributed by atoms with van der Waals surface area (Å²) in [6, 6.07) is 0. The van der Waals surface area contributed by atoms with Gasteiger partial charge in [-0.2, -0.15) is 0 Å².